The van der Waals surface area contributed by atoms with Gasteiger partial charge in [0.25, 0.3) is 15.9 Å². The van der Waals surface area contributed by atoms with Crippen LogP contribution >= 0.6 is 11.3 Å². The Labute approximate surface area is 153 Å². The maximum atomic E-state index is 12.4. The third-order valence-corrected chi connectivity index (χ3v) is 5.57. The fourth-order valence-electron chi connectivity index (χ4n) is 2.02. The smallest absolute Gasteiger partial charge is 0.271 e. The number of amides is 1. The molecule has 0 saturated heterocycles. The summed E-state index contributed by atoms with van der Waals surface area (Å²) in [6, 6.07) is 9.39. The summed E-state index contributed by atoms with van der Waals surface area (Å²) in [5, 5.41) is 4.22. The number of sulfonamides is 1. The molecule has 10 heteroatoms. The molecule has 0 aliphatic heterocycles. The molecule has 0 bridgehead atoms. The maximum absolute atomic E-state index is 12.4. The molecule has 2 N–H and O–H groups in total. The second kappa shape index (κ2) is 7.58. The first kappa shape index (κ1) is 18.0. The third kappa shape index (κ3) is 4.21. The van der Waals surface area contributed by atoms with E-state index in [0.717, 1.165) is 11.3 Å². The van der Waals surface area contributed by atoms with Crippen molar-refractivity contribution in [2.75, 3.05) is 11.8 Å². The van der Waals surface area contributed by atoms with E-state index < -0.39 is 15.9 Å². The number of anilines is 1. The number of furan rings is 1. The Morgan fingerprint density at radius 1 is 1.27 bits per heavy atom. The molecule has 3 aromatic rings. The summed E-state index contributed by atoms with van der Waals surface area (Å²) in [5.74, 6) is 0.732. The predicted molar refractivity (Wildman–Crippen MR) is 95.8 cm³/mol. The highest BCUT2D eigenvalue weighted by atomic mass is 32.2. The number of ether oxygens (including phenoxy) is 1. The summed E-state index contributed by atoms with van der Waals surface area (Å²) in [7, 11) is -2.31. The van der Waals surface area contributed by atoms with E-state index in [1.165, 1.54) is 30.9 Å². The molecule has 0 atom stereocenters. The molecule has 3 rings (SSSR count). The minimum absolute atomic E-state index is 0.0670. The van der Waals surface area contributed by atoms with E-state index in [0.29, 0.717) is 11.5 Å². The highest BCUT2D eigenvalue weighted by molar-refractivity contribution is 7.93. The molecule has 0 unspecified atom stereocenters. The second-order valence-corrected chi connectivity index (χ2v) is 7.62. The van der Waals surface area contributed by atoms with Crippen LogP contribution in [0.15, 0.2) is 57.4 Å². The summed E-state index contributed by atoms with van der Waals surface area (Å²) >= 11 is 1.02. The lowest BCUT2D eigenvalue weighted by atomic mass is 10.3. The number of aromatic nitrogens is 1. The molecule has 0 fully saturated rings. The number of nitrogens with zero attached hydrogens (tertiary/aromatic N) is 1. The number of methoxy groups -OCH3 is 1. The van der Waals surface area contributed by atoms with Crippen LogP contribution in [0.1, 0.15) is 16.2 Å². The summed E-state index contributed by atoms with van der Waals surface area (Å²) in [5.41, 5.74) is 0.119. The number of thiazole rings is 1. The molecule has 2 aromatic heterocycles. The Kier molecular flexibility index (Phi) is 5.24. The quantitative estimate of drug-likeness (QED) is 0.638. The van der Waals surface area contributed by atoms with Gasteiger partial charge in [-0.1, -0.05) is 0 Å². The summed E-state index contributed by atoms with van der Waals surface area (Å²) in [6.07, 6.45) is 1.51. The van der Waals surface area contributed by atoms with Crippen LogP contribution in [0.2, 0.25) is 0 Å². The molecule has 2 heterocycles. The Morgan fingerprint density at radius 3 is 2.69 bits per heavy atom. The van der Waals surface area contributed by atoms with Gasteiger partial charge in [0.2, 0.25) is 0 Å². The van der Waals surface area contributed by atoms with Gasteiger partial charge in [-0.15, -0.1) is 11.3 Å². The van der Waals surface area contributed by atoms with E-state index in [9.17, 15) is 13.2 Å². The SMILES string of the molecule is COc1ccc(S(=O)(=O)Nc2nc(C(=O)NCc3ccco3)cs2)cc1. The molecule has 0 saturated carbocycles. The van der Waals surface area contributed by atoms with E-state index >= 15 is 0 Å². The lowest BCUT2D eigenvalue weighted by Crippen LogP contribution is -2.23. The van der Waals surface area contributed by atoms with Crippen LogP contribution in [0.4, 0.5) is 5.13 Å². The van der Waals surface area contributed by atoms with Gasteiger partial charge in [-0.2, -0.15) is 0 Å². The van der Waals surface area contributed by atoms with Crippen molar-refractivity contribution in [3.05, 3.63) is 59.5 Å². The summed E-state index contributed by atoms with van der Waals surface area (Å²) < 4.78 is 37.2. The van der Waals surface area contributed by atoms with Gasteiger partial charge < -0.3 is 14.5 Å². The highest BCUT2D eigenvalue weighted by Crippen LogP contribution is 2.21. The molecule has 8 nitrogen and oxygen atoms in total. The van der Waals surface area contributed by atoms with E-state index in [1.54, 1.807) is 24.3 Å². The summed E-state index contributed by atoms with van der Waals surface area (Å²) in [4.78, 5) is 16.1. The number of nitrogens with one attached hydrogen (secondary N) is 2. The van der Waals surface area contributed by atoms with Crippen molar-refractivity contribution >= 4 is 32.4 Å². The van der Waals surface area contributed by atoms with Gasteiger partial charge in [-0.05, 0) is 36.4 Å². The number of carbonyl (C=O) groups is 1. The Balaban J connectivity index is 1.65. The van der Waals surface area contributed by atoms with Crippen molar-refractivity contribution in [2.45, 2.75) is 11.4 Å². The average molecular weight is 393 g/mol. The Bertz CT molecular complexity index is 979. The van der Waals surface area contributed by atoms with Gasteiger partial charge in [0.15, 0.2) is 5.13 Å². The fourth-order valence-corrected chi connectivity index (χ4v) is 3.97. The van der Waals surface area contributed by atoms with Crippen molar-refractivity contribution in [2.24, 2.45) is 0 Å². The van der Waals surface area contributed by atoms with Crippen LogP contribution in [-0.4, -0.2) is 26.4 Å². The van der Waals surface area contributed by atoms with Gasteiger partial charge in [-0.3, -0.25) is 9.52 Å². The zero-order valence-electron chi connectivity index (χ0n) is 13.6. The van der Waals surface area contributed by atoms with Gasteiger partial charge in [0.1, 0.15) is 17.2 Å². The van der Waals surface area contributed by atoms with Gasteiger partial charge in [0, 0.05) is 5.38 Å². The monoisotopic (exact) mass is 393 g/mol. The van der Waals surface area contributed by atoms with E-state index in [-0.39, 0.29) is 22.3 Å². The van der Waals surface area contributed by atoms with Crippen LogP contribution in [0.3, 0.4) is 0 Å². The number of hydrogen-bond donors (Lipinski definition) is 2. The van der Waals surface area contributed by atoms with Crippen LogP contribution in [0.25, 0.3) is 0 Å². The Hall–Kier alpha value is -2.85. The van der Waals surface area contributed by atoms with Crippen LogP contribution in [-0.2, 0) is 16.6 Å². The average Bonchev–Trinajstić information content (AvgIpc) is 3.31. The zero-order chi connectivity index (χ0) is 18.6. The molecule has 136 valence electrons. The molecule has 0 radical (unpaired) electrons. The first-order chi connectivity index (χ1) is 12.5. The van der Waals surface area contributed by atoms with Crippen LogP contribution < -0.4 is 14.8 Å². The van der Waals surface area contributed by atoms with Crippen LogP contribution in [0.5, 0.6) is 5.75 Å². The number of carbonyl (C=O) groups excluding carboxylic acids is 1. The van der Waals surface area contributed by atoms with E-state index in [1.807, 2.05) is 0 Å². The molecule has 1 amide bonds. The van der Waals surface area contributed by atoms with Gasteiger partial charge >= 0.3 is 0 Å². The topological polar surface area (TPSA) is 111 Å². The van der Waals surface area contributed by atoms with Crippen molar-refractivity contribution < 1.29 is 22.4 Å². The highest BCUT2D eigenvalue weighted by Gasteiger charge is 2.18. The van der Waals surface area contributed by atoms with E-state index in [2.05, 4.69) is 15.0 Å². The van der Waals surface area contributed by atoms with Crippen molar-refractivity contribution in [1.82, 2.24) is 10.3 Å². The molecule has 0 aliphatic rings. The van der Waals surface area contributed by atoms with Gasteiger partial charge in [0.05, 0.1) is 24.8 Å². The minimum Gasteiger partial charge on any atom is -0.497 e. The first-order valence-electron chi connectivity index (χ1n) is 7.41. The second-order valence-electron chi connectivity index (χ2n) is 5.08. The largest absolute Gasteiger partial charge is 0.497 e. The first-order valence-corrected chi connectivity index (χ1v) is 9.77. The lowest BCUT2D eigenvalue weighted by molar-refractivity contribution is 0.0944. The molecule has 0 aliphatic carbocycles. The standard InChI is InChI=1S/C16H15N3O5S2/c1-23-11-4-6-13(7-5-11)26(21,22)19-16-18-14(10-25-16)15(20)17-9-12-3-2-8-24-12/h2-8,10H,9H2,1H3,(H,17,20)(H,18,19). The zero-order valence-corrected chi connectivity index (χ0v) is 15.3. The van der Waals surface area contributed by atoms with E-state index in [4.69, 9.17) is 9.15 Å². The fraction of sp³-hybridized carbons (Fsp3) is 0.125. The van der Waals surface area contributed by atoms with Crippen LogP contribution in [0, 0.1) is 0 Å². The summed E-state index contributed by atoms with van der Waals surface area (Å²) in [6.45, 7) is 0.219. The third-order valence-electron chi connectivity index (χ3n) is 3.33. The molecule has 1 aromatic carbocycles. The van der Waals surface area contributed by atoms with Crippen molar-refractivity contribution in [3.63, 3.8) is 0 Å². The Morgan fingerprint density at radius 2 is 2.04 bits per heavy atom. The molecular formula is C16H15N3O5S2. The predicted octanol–water partition coefficient (Wildman–Crippen LogP) is 2.48. The minimum atomic E-state index is -3.80. The molecule has 0 spiro atoms. The number of rotatable bonds is 7. The maximum Gasteiger partial charge on any atom is 0.271 e. The normalized spacial score (nSPS) is 11.1. The lowest BCUT2D eigenvalue weighted by Gasteiger charge is -2.06. The molecule has 26 heavy (non-hydrogen) atoms. The van der Waals surface area contributed by atoms with Gasteiger partial charge in [-0.25, -0.2) is 13.4 Å². The molecular weight excluding hydrogens is 378 g/mol. The number of benzene rings is 1. The van der Waals surface area contributed by atoms with Crippen molar-refractivity contribution in [1.29, 1.82) is 0 Å². The number of hydrogen-bond acceptors (Lipinski definition) is 7. The van der Waals surface area contributed by atoms with Crippen molar-refractivity contribution in [3.8, 4) is 5.75 Å².